The molecular weight excluding hydrogens is 386 g/mol. The number of nitrogens with zero attached hydrogens (tertiary/aromatic N) is 1. The summed E-state index contributed by atoms with van der Waals surface area (Å²) in [5.74, 6) is 0.785. The fourth-order valence-corrected chi connectivity index (χ4v) is 3.92. The van der Waals surface area contributed by atoms with Gasteiger partial charge in [0.05, 0.1) is 7.11 Å². The van der Waals surface area contributed by atoms with Crippen molar-refractivity contribution in [3.63, 3.8) is 0 Å². The fourth-order valence-electron chi connectivity index (χ4n) is 3.92. The zero-order chi connectivity index (χ0) is 23.0. The van der Waals surface area contributed by atoms with Crippen LogP contribution in [-0.4, -0.2) is 25.3 Å². The van der Waals surface area contributed by atoms with Gasteiger partial charge in [-0.25, -0.2) is 0 Å². The van der Waals surface area contributed by atoms with Crippen LogP contribution >= 0.6 is 0 Å². The highest BCUT2D eigenvalue weighted by Gasteiger charge is 2.22. The minimum atomic E-state index is -1.15. The summed E-state index contributed by atoms with van der Waals surface area (Å²) in [4.78, 5) is 0. The van der Waals surface area contributed by atoms with Crippen LogP contribution in [0.3, 0.4) is 0 Å². The van der Waals surface area contributed by atoms with Crippen LogP contribution in [-0.2, 0) is 0 Å². The number of hydrogen-bond acceptors (Lipinski definition) is 2. The first-order chi connectivity index (χ1) is 14.8. The van der Waals surface area contributed by atoms with Crippen LogP contribution in [0, 0.1) is 0 Å². The summed E-state index contributed by atoms with van der Waals surface area (Å²) in [6.07, 6.45) is 6.06. The molecule has 31 heavy (non-hydrogen) atoms. The zero-order valence-corrected chi connectivity index (χ0v) is 19.7. The number of rotatable bonds is 11. The van der Waals surface area contributed by atoms with Gasteiger partial charge in [-0.3, -0.25) is 0 Å². The summed E-state index contributed by atoms with van der Waals surface area (Å²) in [6.45, 7) is 12.5. The SMILES string of the molecule is C=C(C)/C=C(C)\C(C)=C(/CCCCCN)c1ccc(-c2ccc(OC)cc2)n1B(C)F. The number of hydrogen-bond donors (Lipinski definition) is 1. The van der Waals surface area contributed by atoms with Crippen molar-refractivity contribution in [2.45, 2.75) is 53.3 Å². The Morgan fingerprint density at radius 1 is 1.10 bits per heavy atom. The summed E-state index contributed by atoms with van der Waals surface area (Å²) >= 11 is 0. The molecule has 0 aliphatic carbocycles. The second-order valence-corrected chi connectivity index (χ2v) is 8.15. The maximum Gasteiger partial charge on any atom is 0.462 e. The van der Waals surface area contributed by atoms with Crippen molar-refractivity contribution in [3.05, 3.63) is 71.5 Å². The van der Waals surface area contributed by atoms with Crippen molar-refractivity contribution in [3.8, 4) is 17.0 Å². The highest BCUT2D eigenvalue weighted by Crippen LogP contribution is 2.34. The summed E-state index contributed by atoms with van der Waals surface area (Å²) in [7, 11) is 0.490. The molecule has 0 atom stereocenters. The predicted octanol–water partition coefficient (Wildman–Crippen LogP) is 6.91. The Balaban J connectivity index is 2.58. The van der Waals surface area contributed by atoms with Crippen LogP contribution in [0.2, 0.25) is 6.82 Å². The molecule has 0 fully saturated rings. The fraction of sp³-hybridized carbons (Fsp3) is 0.385. The van der Waals surface area contributed by atoms with Gasteiger partial charge in [0.1, 0.15) is 5.75 Å². The van der Waals surface area contributed by atoms with Gasteiger partial charge in [-0.2, -0.15) is 0 Å². The Hall–Kier alpha value is -2.53. The average Bonchev–Trinajstić information content (AvgIpc) is 3.18. The van der Waals surface area contributed by atoms with E-state index in [1.54, 1.807) is 18.4 Å². The van der Waals surface area contributed by atoms with Gasteiger partial charge in [0.15, 0.2) is 0 Å². The molecule has 1 aromatic carbocycles. The lowest BCUT2D eigenvalue weighted by Gasteiger charge is -2.19. The van der Waals surface area contributed by atoms with Crippen LogP contribution in [0.25, 0.3) is 16.8 Å². The molecule has 5 heteroatoms. The number of halogens is 1. The maximum atomic E-state index is 15.0. The van der Waals surface area contributed by atoms with Gasteiger partial charge in [0, 0.05) is 11.4 Å². The number of benzene rings is 1. The molecule has 166 valence electrons. The van der Waals surface area contributed by atoms with E-state index >= 15 is 0 Å². The molecule has 0 saturated heterocycles. The summed E-state index contributed by atoms with van der Waals surface area (Å²) in [5.41, 5.74) is 13.0. The molecule has 1 aromatic heterocycles. The van der Waals surface area contributed by atoms with Crippen molar-refractivity contribution < 1.29 is 9.05 Å². The lowest BCUT2D eigenvalue weighted by atomic mass is 9.87. The van der Waals surface area contributed by atoms with Crippen molar-refractivity contribution in [2.75, 3.05) is 13.7 Å². The smallest absolute Gasteiger partial charge is 0.462 e. The third kappa shape index (κ3) is 6.48. The summed E-state index contributed by atoms with van der Waals surface area (Å²) in [6, 6.07) is 11.8. The molecule has 0 spiro atoms. The van der Waals surface area contributed by atoms with Gasteiger partial charge in [-0.05, 0) is 112 Å². The normalized spacial score (nSPS) is 12.5. The van der Waals surface area contributed by atoms with Crippen molar-refractivity contribution in [2.24, 2.45) is 5.73 Å². The van der Waals surface area contributed by atoms with E-state index in [0.717, 1.165) is 59.5 Å². The maximum absolute atomic E-state index is 15.0. The number of allylic oxidation sites excluding steroid dienone is 5. The predicted molar refractivity (Wildman–Crippen MR) is 133 cm³/mol. The van der Waals surface area contributed by atoms with Crippen LogP contribution in [0.5, 0.6) is 5.75 Å². The standard InChI is InChI=1S/C26H36BFN2O/c1-19(2)18-20(3)21(4)24(10-8-7-9-17-29)26-16-15-25(30(26)27(5)28)22-11-13-23(31-6)14-12-22/h11-16,18H,1,7-10,17,29H2,2-6H3/b20-18-,24-21+. The summed E-state index contributed by atoms with van der Waals surface area (Å²) in [5, 5.41) is 0. The Labute approximate surface area is 187 Å². The number of nitrogens with two attached hydrogens (primary N) is 1. The van der Waals surface area contributed by atoms with Crippen LogP contribution in [0.15, 0.2) is 65.8 Å². The Kier molecular flexibility index (Phi) is 9.38. The van der Waals surface area contributed by atoms with E-state index in [0.29, 0.717) is 6.54 Å². The van der Waals surface area contributed by atoms with Gasteiger partial charge < -0.3 is 19.3 Å². The highest BCUT2D eigenvalue weighted by atomic mass is 19.1. The van der Waals surface area contributed by atoms with Crippen molar-refractivity contribution in [1.82, 2.24) is 4.48 Å². The number of aromatic nitrogens is 1. The number of ether oxygens (including phenoxy) is 1. The quantitative estimate of drug-likeness (QED) is 0.243. The largest absolute Gasteiger partial charge is 0.497 e. The molecule has 2 aromatic rings. The van der Waals surface area contributed by atoms with E-state index in [1.165, 1.54) is 11.1 Å². The minimum absolute atomic E-state index is 0.701. The molecule has 3 nitrogen and oxygen atoms in total. The van der Waals surface area contributed by atoms with Crippen LogP contribution in [0.4, 0.5) is 4.32 Å². The van der Waals surface area contributed by atoms with Gasteiger partial charge in [-0.15, -0.1) is 0 Å². The zero-order valence-electron chi connectivity index (χ0n) is 19.7. The third-order valence-electron chi connectivity index (χ3n) is 5.61. The van der Waals surface area contributed by atoms with E-state index in [9.17, 15) is 4.32 Å². The van der Waals surface area contributed by atoms with Gasteiger partial charge >= 0.3 is 7.12 Å². The van der Waals surface area contributed by atoms with E-state index in [2.05, 4.69) is 26.5 Å². The monoisotopic (exact) mass is 422 g/mol. The Bertz CT molecular complexity index is 939. The molecule has 0 unspecified atom stereocenters. The van der Waals surface area contributed by atoms with Crippen LogP contribution < -0.4 is 10.5 Å². The molecular formula is C26H36BFN2O. The Morgan fingerprint density at radius 3 is 2.32 bits per heavy atom. The molecule has 0 radical (unpaired) electrons. The first-order valence-corrected chi connectivity index (χ1v) is 11.0. The lowest BCUT2D eigenvalue weighted by Crippen LogP contribution is -2.18. The molecule has 2 rings (SSSR count). The lowest BCUT2D eigenvalue weighted by molar-refractivity contribution is 0.415. The average molecular weight is 422 g/mol. The third-order valence-corrected chi connectivity index (χ3v) is 5.61. The van der Waals surface area contributed by atoms with E-state index in [-0.39, 0.29) is 0 Å². The highest BCUT2D eigenvalue weighted by molar-refractivity contribution is 6.48. The van der Waals surface area contributed by atoms with E-state index < -0.39 is 7.12 Å². The molecule has 0 bridgehead atoms. The minimum Gasteiger partial charge on any atom is -0.497 e. The molecule has 0 aliphatic rings. The molecule has 0 aliphatic heterocycles. The summed E-state index contributed by atoms with van der Waals surface area (Å²) < 4.78 is 22.0. The number of methoxy groups -OCH3 is 1. The van der Waals surface area contributed by atoms with Crippen molar-refractivity contribution >= 4 is 12.7 Å². The molecule has 0 amide bonds. The molecule has 2 N–H and O–H groups in total. The van der Waals surface area contributed by atoms with E-state index in [4.69, 9.17) is 10.5 Å². The van der Waals surface area contributed by atoms with Gasteiger partial charge in [-0.1, -0.05) is 24.6 Å². The van der Waals surface area contributed by atoms with Gasteiger partial charge in [0.25, 0.3) is 0 Å². The van der Waals surface area contributed by atoms with Crippen LogP contribution in [0.1, 0.15) is 52.1 Å². The Morgan fingerprint density at radius 2 is 1.77 bits per heavy atom. The molecule has 0 saturated carbocycles. The second kappa shape index (κ2) is 11.8. The first kappa shape index (κ1) is 24.7. The first-order valence-electron chi connectivity index (χ1n) is 11.0. The second-order valence-electron chi connectivity index (χ2n) is 8.15. The molecule has 1 heterocycles. The van der Waals surface area contributed by atoms with Gasteiger partial charge in [0.2, 0.25) is 0 Å². The van der Waals surface area contributed by atoms with E-state index in [1.807, 2.05) is 43.3 Å². The topological polar surface area (TPSA) is 40.2 Å². The van der Waals surface area contributed by atoms with Crippen molar-refractivity contribution in [1.29, 1.82) is 0 Å². The number of unbranched alkanes of at least 4 members (excludes halogenated alkanes) is 2.